The van der Waals surface area contributed by atoms with Crippen LogP contribution in [0.5, 0.6) is 0 Å². The summed E-state index contributed by atoms with van der Waals surface area (Å²) < 4.78 is 2.11. The molecular formula is C21H24N4S. The molecule has 3 aromatic rings. The SMILES string of the molecule is C=CCn1c(SCc2cccnc2)nnc1-c1ccc(C(C)(C)C)cc1. The number of rotatable bonds is 6. The molecule has 5 heteroatoms. The Morgan fingerprint density at radius 3 is 2.50 bits per heavy atom. The summed E-state index contributed by atoms with van der Waals surface area (Å²) in [5, 5.41) is 9.74. The van der Waals surface area contributed by atoms with Gasteiger partial charge in [0.25, 0.3) is 0 Å². The fraction of sp³-hybridized carbons (Fsp3) is 0.286. The van der Waals surface area contributed by atoms with Gasteiger partial charge >= 0.3 is 0 Å². The molecule has 0 unspecified atom stereocenters. The second kappa shape index (κ2) is 7.87. The molecule has 0 amide bonds. The molecule has 4 nitrogen and oxygen atoms in total. The van der Waals surface area contributed by atoms with Crippen LogP contribution in [0.4, 0.5) is 0 Å². The first-order chi connectivity index (χ1) is 12.5. The van der Waals surface area contributed by atoms with Crippen LogP contribution in [-0.4, -0.2) is 19.7 Å². The van der Waals surface area contributed by atoms with Crippen LogP contribution in [-0.2, 0) is 17.7 Å². The first kappa shape index (κ1) is 18.4. The van der Waals surface area contributed by atoms with Gasteiger partial charge in [-0.05, 0) is 22.6 Å². The molecule has 0 spiro atoms. The van der Waals surface area contributed by atoms with Crippen LogP contribution in [0, 0.1) is 0 Å². The van der Waals surface area contributed by atoms with Gasteiger partial charge < -0.3 is 0 Å². The van der Waals surface area contributed by atoms with Gasteiger partial charge in [0, 0.05) is 30.3 Å². The standard InChI is InChI=1S/C21H24N4S/c1-5-13-25-19(17-8-10-18(11-9-17)21(2,3)4)23-24-20(25)26-15-16-7-6-12-22-14-16/h5-12,14H,1,13,15H2,2-4H3. The molecule has 2 heterocycles. The van der Waals surface area contributed by atoms with Crippen molar-refractivity contribution in [2.24, 2.45) is 0 Å². The van der Waals surface area contributed by atoms with Gasteiger partial charge in [0.05, 0.1) is 0 Å². The molecule has 0 N–H and O–H groups in total. The second-order valence-electron chi connectivity index (χ2n) is 7.18. The van der Waals surface area contributed by atoms with E-state index >= 15 is 0 Å². The van der Waals surface area contributed by atoms with Crippen LogP contribution in [0.25, 0.3) is 11.4 Å². The molecule has 3 rings (SSSR count). The molecule has 0 aliphatic rings. The molecule has 0 fully saturated rings. The molecule has 0 aliphatic carbocycles. The molecule has 134 valence electrons. The van der Waals surface area contributed by atoms with Gasteiger partial charge in [0.15, 0.2) is 11.0 Å². The van der Waals surface area contributed by atoms with Crippen LogP contribution in [0.1, 0.15) is 31.9 Å². The summed E-state index contributed by atoms with van der Waals surface area (Å²) in [7, 11) is 0. The van der Waals surface area contributed by atoms with Crippen LogP contribution >= 0.6 is 11.8 Å². The van der Waals surface area contributed by atoms with E-state index in [0.717, 1.165) is 22.3 Å². The minimum atomic E-state index is 0.137. The Kier molecular flexibility index (Phi) is 5.57. The van der Waals surface area contributed by atoms with E-state index in [1.54, 1.807) is 18.0 Å². The number of hydrogen-bond acceptors (Lipinski definition) is 4. The number of allylic oxidation sites excluding steroid dienone is 1. The third-order valence-electron chi connectivity index (χ3n) is 4.13. The van der Waals surface area contributed by atoms with Crippen LogP contribution < -0.4 is 0 Å². The summed E-state index contributed by atoms with van der Waals surface area (Å²) >= 11 is 1.66. The topological polar surface area (TPSA) is 43.6 Å². The first-order valence-corrected chi connectivity index (χ1v) is 9.64. The maximum atomic E-state index is 4.44. The van der Waals surface area contributed by atoms with Crippen molar-refractivity contribution in [1.29, 1.82) is 0 Å². The van der Waals surface area contributed by atoms with Gasteiger partial charge in [-0.1, -0.05) is 68.9 Å². The van der Waals surface area contributed by atoms with Crippen molar-refractivity contribution in [2.75, 3.05) is 0 Å². The largest absolute Gasteiger partial charge is 0.298 e. The average Bonchev–Trinajstić information content (AvgIpc) is 3.03. The molecule has 0 bridgehead atoms. The molecule has 1 aromatic carbocycles. The van der Waals surface area contributed by atoms with Gasteiger partial charge in [-0.15, -0.1) is 16.8 Å². The van der Waals surface area contributed by atoms with Crippen LogP contribution in [0.15, 0.2) is 66.6 Å². The number of aromatic nitrogens is 4. The summed E-state index contributed by atoms with van der Waals surface area (Å²) in [6.07, 6.45) is 5.55. The predicted molar refractivity (Wildman–Crippen MR) is 108 cm³/mol. The number of hydrogen-bond donors (Lipinski definition) is 0. The zero-order valence-corrected chi connectivity index (χ0v) is 16.3. The summed E-state index contributed by atoms with van der Waals surface area (Å²) in [5.74, 6) is 1.69. The van der Waals surface area contributed by atoms with Crippen LogP contribution in [0.3, 0.4) is 0 Å². The highest BCUT2D eigenvalue weighted by atomic mass is 32.2. The molecular weight excluding hydrogens is 340 g/mol. The maximum Gasteiger partial charge on any atom is 0.192 e. The molecule has 26 heavy (non-hydrogen) atoms. The van der Waals surface area contributed by atoms with Crippen molar-refractivity contribution in [1.82, 2.24) is 19.7 Å². The Morgan fingerprint density at radius 2 is 1.88 bits per heavy atom. The highest BCUT2D eigenvalue weighted by Gasteiger charge is 2.16. The lowest BCUT2D eigenvalue weighted by Gasteiger charge is -2.19. The molecule has 2 aromatic heterocycles. The van der Waals surface area contributed by atoms with E-state index in [0.29, 0.717) is 6.54 Å². The minimum absolute atomic E-state index is 0.137. The number of benzene rings is 1. The zero-order valence-electron chi connectivity index (χ0n) is 15.5. The smallest absolute Gasteiger partial charge is 0.192 e. The van der Waals surface area contributed by atoms with Gasteiger partial charge in [0.2, 0.25) is 0 Å². The molecule has 0 saturated heterocycles. The van der Waals surface area contributed by atoms with E-state index in [2.05, 4.69) is 77.4 Å². The summed E-state index contributed by atoms with van der Waals surface area (Å²) in [6.45, 7) is 11.2. The molecule has 0 saturated carbocycles. The van der Waals surface area contributed by atoms with E-state index < -0.39 is 0 Å². The number of thioether (sulfide) groups is 1. The normalized spacial score (nSPS) is 11.5. The van der Waals surface area contributed by atoms with Gasteiger partial charge in [0.1, 0.15) is 0 Å². The molecule has 0 radical (unpaired) electrons. The maximum absolute atomic E-state index is 4.44. The van der Waals surface area contributed by atoms with Crippen molar-refractivity contribution < 1.29 is 0 Å². The van der Waals surface area contributed by atoms with E-state index in [1.165, 1.54) is 11.1 Å². The van der Waals surface area contributed by atoms with Gasteiger partial charge in [-0.25, -0.2) is 0 Å². The van der Waals surface area contributed by atoms with E-state index in [-0.39, 0.29) is 5.41 Å². The molecule has 0 aliphatic heterocycles. The Labute approximate surface area is 159 Å². The predicted octanol–water partition coefficient (Wildman–Crippen LogP) is 5.12. The van der Waals surface area contributed by atoms with Crippen molar-refractivity contribution >= 4 is 11.8 Å². The highest BCUT2D eigenvalue weighted by Crippen LogP contribution is 2.28. The lowest BCUT2D eigenvalue weighted by Crippen LogP contribution is -2.10. The molecule has 0 atom stereocenters. The fourth-order valence-electron chi connectivity index (χ4n) is 2.65. The monoisotopic (exact) mass is 364 g/mol. The Balaban J connectivity index is 1.86. The lowest BCUT2D eigenvalue weighted by molar-refractivity contribution is 0.590. The second-order valence-corrected chi connectivity index (χ2v) is 8.13. The van der Waals surface area contributed by atoms with Gasteiger partial charge in [-0.3, -0.25) is 9.55 Å². The minimum Gasteiger partial charge on any atom is -0.298 e. The summed E-state index contributed by atoms with van der Waals surface area (Å²) in [6, 6.07) is 12.6. The van der Waals surface area contributed by atoms with Crippen molar-refractivity contribution in [3.8, 4) is 11.4 Å². The Bertz CT molecular complexity index is 861. The average molecular weight is 365 g/mol. The van der Waals surface area contributed by atoms with Crippen molar-refractivity contribution in [3.63, 3.8) is 0 Å². The summed E-state index contributed by atoms with van der Waals surface area (Å²) in [4.78, 5) is 4.16. The van der Waals surface area contributed by atoms with E-state index in [9.17, 15) is 0 Å². The number of pyridine rings is 1. The quantitative estimate of drug-likeness (QED) is 0.450. The van der Waals surface area contributed by atoms with Crippen molar-refractivity contribution in [3.05, 3.63) is 72.6 Å². The fourth-order valence-corrected chi connectivity index (χ4v) is 3.54. The third-order valence-corrected chi connectivity index (χ3v) is 5.17. The zero-order chi connectivity index (χ0) is 18.6. The van der Waals surface area contributed by atoms with E-state index in [1.807, 2.05) is 18.3 Å². The Hall–Kier alpha value is -2.40. The van der Waals surface area contributed by atoms with Crippen LogP contribution in [0.2, 0.25) is 0 Å². The first-order valence-electron chi connectivity index (χ1n) is 8.66. The number of nitrogens with zero attached hydrogens (tertiary/aromatic N) is 4. The summed E-state index contributed by atoms with van der Waals surface area (Å²) in [5.41, 5.74) is 3.68. The van der Waals surface area contributed by atoms with Gasteiger partial charge in [-0.2, -0.15) is 0 Å². The Morgan fingerprint density at radius 1 is 1.12 bits per heavy atom. The lowest BCUT2D eigenvalue weighted by atomic mass is 9.87. The highest BCUT2D eigenvalue weighted by molar-refractivity contribution is 7.98. The van der Waals surface area contributed by atoms with E-state index in [4.69, 9.17) is 0 Å². The van der Waals surface area contributed by atoms with Crippen molar-refractivity contribution in [2.45, 2.75) is 43.6 Å². The third kappa shape index (κ3) is 4.22.